The van der Waals surface area contributed by atoms with Crippen molar-refractivity contribution in [1.29, 1.82) is 0 Å². The predicted molar refractivity (Wildman–Crippen MR) is 101 cm³/mol. The van der Waals surface area contributed by atoms with Crippen LogP contribution in [0.25, 0.3) is 5.69 Å². The second-order valence-electron chi connectivity index (χ2n) is 6.31. The molecule has 25 heavy (non-hydrogen) atoms. The maximum atomic E-state index is 12.3. The number of hydrogen-bond donors (Lipinski definition) is 1. The fourth-order valence-electron chi connectivity index (χ4n) is 3.04. The van der Waals surface area contributed by atoms with Gasteiger partial charge in [0.2, 0.25) is 5.91 Å². The number of carbonyl (C=O) groups excluding carboxylic acids is 1. The van der Waals surface area contributed by atoms with Crippen molar-refractivity contribution < 1.29 is 4.79 Å². The monoisotopic (exact) mass is 333 g/mol. The lowest BCUT2D eigenvalue weighted by molar-refractivity contribution is -0.116. The van der Waals surface area contributed by atoms with Crippen LogP contribution in [0.3, 0.4) is 0 Å². The molecule has 3 aromatic rings. The van der Waals surface area contributed by atoms with Crippen molar-refractivity contribution in [3.8, 4) is 5.69 Å². The van der Waals surface area contributed by atoms with E-state index < -0.39 is 0 Å². The molecular weight excluding hydrogens is 310 g/mol. The van der Waals surface area contributed by atoms with Crippen LogP contribution in [0, 0.1) is 20.8 Å². The number of carbonyl (C=O) groups is 1. The van der Waals surface area contributed by atoms with Gasteiger partial charge < -0.3 is 5.32 Å². The fourth-order valence-corrected chi connectivity index (χ4v) is 3.04. The topological polar surface area (TPSA) is 46.9 Å². The zero-order valence-electron chi connectivity index (χ0n) is 14.9. The van der Waals surface area contributed by atoms with Crippen LogP contribution in [0.4, 0.5) is 5.69 Å². The number of nitrogens with zero attached hydrogens (tertiary/aromatic N) is 2. The van der Waals surface area contributed by atoms with Crippen LogP contribution in [0.1, 0.15) is 28.9 Å². The largest absolute Gasteiger partial charge is 0.326 e. The number of benzene rings is 2. The molecular formula is C21H23N3O. The van der Waals surface area contributed by atoms with Crippen molar-refractivity contribution in [2.45, 2.75) is 33.6 Å². The number of aryl methyl sites for hydroxylation is 2. The molecule has 4 nitrogen and oxygen atoms in total. The van der Waals surface area contributed by atoms with Crippen molar-refractivity contribution >= 4 is 11.6 Å². The minimum Gasteiger partial charge on any atom is -0.326 e. The van der Waals surface area contributed by atoms with E-state index in [1.807, 2.05) is 73.1 Å². The molecule has 0 spiro atoms. The van der Waals surface area contributed by atoms with Gasteiger partial charge in [0.1, 0.15) is 0 Å². The summed E-state index contributed by atoms with van der Waals surface area (Å²) in [6, 6.07) is 17.9. The van der Waals surface area contributed by atoms with Crippen molar-refractivity contribution in [1.82, 2.24) is 9.78 Å². The van der Waals surface area contributed by atoms with Crippen molar-refractivity contribution in [2.24, 2.45) is 0 Å². The molecule has 0 saturated heterocycles. The molecule has 0 radical (unpaired) electrons. The molecule has 0 bridgehead atoms. The highest BCUT2D eigenvalue weighted by Crippen LogP contribution is 2.19. The van der Waals surface area contributed by atoms with Gasteiger partial charge in [0, 0.05) is 17.8 Å². The smallest absolute Gasteiger partial charge is 0.224 e. The predicted octanol–water partition coefficient (Wildman–Crippen LogP) is 4.37. The van der Waals surface area contributed by atoms with E-state index in [2.05, 4.69) is 17.3 Å². The first-order chi connectivity index (χ1) is 12.0. The minimum atomic E-state index is 0.0249. The van der Waals surface area contributed by atoms with Gasteiger partial charge in [0.05, 0.1) is 11.4 Å². The van der Waals surface area contributed by atoms with Crippen LogP contribution < -0.4 is 5.32 Å². The summed E-state index contributed by atoms with van der Waals surface area (Å²) < 4.78 is 1.95. The number of amides is 1. The molecule has 1 aromatic heterocycles. The Labute approximate surface area is 148 Å². The molecule has 3 rings (SSSR count). The highest BCUT2D eigenvalue weighted by atomic mass is 16.1. The third-order valence-electron chi connectivity index (χ3n) is 4.35. The lowest BCUT2D eigenvalue weighted by Gasteiger charge is -2.07. The standard InChI is InChI=1S/C21H23N3O/c1-15-8-7-9-18(14-15)22-21(25)13-12-20-16(2)23-24(17(20)3)19-10-5-4-6-11-19/h4-11,14H,12-13H2,1-3H3,(H,22,25). The molecule has 0 aliphatic heterocycles. The number of anilines is 1. The van der Waals surface area contributed by atoms with E-state index in [9.17, 15) is 4.79 Å². The normalized spacial score (nSPS) is 10.7. The maximum absolute atomic E-state index is 12.3. The van der Waals surface area contributed by atoms with E-state index in [4.69, 9.17) is 0 Å². The Morgan fingerprint density at radius 2 is 1.80 bits per heavy atom. The molecule has 0 saturated carbocycles. The number of rotatable bonds is 5. The number of para-hydroxylation sites is 1. The van der Waals surface area contributed by atoms with Crippen LogP contribution in [-0.4, -0.2) is 15.7 Å². The summed E-state index contributed by atoms with van der Waals surface area (Å²) in [7, 11) is 0. The Hall–Kier alpha value is -2.88. The van der Waals surface area contributed by atoms with Gasteiger partial charge in [-0.3, -0.25) is 4.79 Å². The summed E-state index contributed by atoms with van der Waals surface area (Å²) in [5, 5.41) is 7.60. The molecule has 128 valence electrons. The van der Waals surface area contributed by atoms with E-state index >= 15 is 0 Å². The number of aromatic nitrogens is 2. The quantitative estimate of drug-likeness (QED) is 0.754. The Bertz CT molecular complexity index is 881. The third-order valence-corrected chi connectivity index (χ3v) is 4.35. The van der Waals surface area contributed by atoms with Gasteiger partial charge in [-0.15, -0.1) is 0 Å². The summed E-state index contributed by atoms with van der Waals surface area (Å²) in [4.78, 5) is 12.3. The van der Waals surface area contributed by atoms with Crippen LogP contribution in [0.5, 0.6) is 0 Å². The summed E-state index contributed by atoms with van der Waals surface area (Å²) in [5.74, 6) is 0.0249. The van der Waals surface area contributed by atoms with Crippen molar-refractivity contribution in [2.75, 3.05) is 5.32 Å². The Balaban J connectivity index is 1.69. The highest BCUT2D eigenvalue weighted by Gasteiger charge is 2.14. The second kappa shape index (κ2) is 7.34. The zero-order chi connectivity index (χ0) is 17.8. The molecule has 0 aliphatic rings. The summed E-state index contributed by atoms with van der Waals surface area (Å²) in [6.07, 6.45) is 1.12. The first-order valence-electron chi connectivity index (χ1n) is 8.51. The molecule has 2 aromatic carbocycles. The van der Waals surface area contributed by atoms with Crippen molar-refractivity contribution in [3.05, 3.63) is 77.1 Å². The van der Waals surface area contributed by atoms with Gasteiger partial charge in [-0.2, -0.15) is 5.10 Å². The van der Waals surface area contributed by atoms with Crippen LogP contribution in [0.15, 0.2) is 54.6 Å². The van der Waals surface area contributed by atoms with Crippen LogP contribution in [-0.2, 0) is 11.2 Å². The molecule has 0 atom stereocenters. The minimum absolute atomic E-state index is 0.0249. The molecule has 1 N–H and O–H groups in total. The lowest BCUT2D eigenvalue weighted by Crippen LogP contribution is -2.12. The average Bonchev–Trinajstić information content (AvgIpc) is 2.88. The SMILES string of the molecule is Cc1cccc(NC(=O)CCc2c(C)nn(-c3ccccc3)c2C)c1. The molecule has 0 unspecified atom stereocenters. The van der Waals surface area contributed by atoms with Crippen molar-refractivity contribution in [3.63, 3.8) is 0 Å². The summed E-state index contributed by atoms with van der Waals surface area (Å²) in [5.41, 5.74) is 6.23. The van der Waals surface area contributed by atoms with E-state index in [1.54, 1.807) is 0 Å². The van der Waals surface area contributed by atoms with E-state index in [1.165, 1.54) is 0 Å². The molecule has 0 aliphatic carbocycles. The zero-order valence-corrected chi connectivity index (χ0v) is 14.9. The van der Waals surface area contributed by atoms with Gasteiger partial charge in [-0.25, -0.2) is 4.68 Å². The number of hydrogen-bond acceptors (Lipinski definition) is 2. The van der Waals surface area contributed by atoms with E-state index in [0.29, 0.717) is 12.8 Å². The Morgan fingerprint density at radius 3 is 2.52 bits per heavy atom. The van der Waals surface area contributed by atoms with Crippen LogP contribution in [0.2, 0.25) is 0 Å². The number of nitrogens with one attached hydrogen (secondary N) is 1. The molecule has 0 fully saturated rings. The maximum Gasteiger partial charge on any atom is 0.224 e. The average molecular weight is 333 g/mol. The highest BCUT2D eigenvalue weighted by molar-refractivity contribution is 5.90. The molecule has 1 amide bonds. The first-order valence-corrected chi connectivity index (χ1v) is 8.51. The second-order valence-corrected chi connectivity index (χ2v) is 6.31. The summed E-state index contributed by atoms with van der Waals surface area (Å²) >= 11 is 0. The fraction of sp³-hybridized carbons (Fsp3) is 0.238. The van der Waals surface area contributed by atoms with Gasteiger partial charge in [-0.1, -0.05) is 30.3 Å². The van der Waals surface area contributed by atoms with Gasteiger partial charge in [-0.05, 0) is 62.6 Å². The van der Waals surface area contributed by atoms with E-state index in [0.717, 1.165) is 33.9 Å². The first kappa shape index (κ1) is 17.0. The van der Waals surface area contributed by atoms with Gasteiger partial charge in [0.25, 0.3) is 0 Å². The summed E-state index contributed by atoms with van der Waals surface area (Å²) in [6.45, 7) is 6.07. The molecule has 4 heteroatoms. The Morgan fingerprint density at radius 1 is 1.04 bits per heavy atom. The van der Waals surface area contributed by atoms with Gasteiger partial charge in [0.15, 0.2) is 0 Å². The lowest BCUT2D eigenvalue weighted by atomic mass is 10.1. The van der Waals surface area contributed by atoms with E-state index in [-0.39, 0.29) is 5.91 Å². The third kappa shape index (κ3) is 3.97. The van der Waals surface area contributed by atoms with Gasteiger partial charge >= 0.3 is 0 Å². The Kier molecular flexibility index (Phi) is 4.98. The molecule has 1 heterocycles. The van der Waals surface area contributed by atoms with Crippen LogP contribution >= 0.6 is 0 Å².